The number of pyridine rings is 1. The van der Waals surface area contributed by atoms with E-state index in [2.05, 4.69) is 9.97 Å². The predicted octanol–water partition coefficient (Wildman–Crippen LogP) is 4.19. The van der Waals surface area contributed by atoms with Gasteiger partial charge >= 0.3 is 0 Å². The van der Waals surface area contributed by atoms with Crippen LogP contribution in [0.5, 0.6) is 5.75 Å². The van der Waals surface area contributed by atoms with Crippen LogP contribution in [0.15, 0.2) is 84.8 Å². The second-order valence-corrected chi connectivity index (χ2v) is 7.80. The molecule has 0 bridgehead atoms. The van der Waals surface area contributed by atoms with E-state index in [1.165, 1.54) is 17.3 Å². The number of methoxy groups -OCH3 is 1. The summed E-state index contributed by atoms with van der Waals surface area (Å²) < 4.78 is 5.22. The van der Waals surface area contributed by atoms with Gasteiger partial charge in [-0.05, 0) is 35.9 Å². The molecule has 1 aliphatic rings. The highest BCUT2D eigenvalue weighted by Gasteiger charge is 2.46. The van der Waals surface area contributed by atoms with E-state index >= 15 is 0 Å². The van der Waals surface area contributed by atoms with Crippen molar-refractivity contribution in [3.8, 4) is 5.75 Å². The van der Waals surface area contributed by atoms with Crippen LogP contribution in [0.3, 0.4) is 0 Å². The lowest BCUT2D eigenvalue weighted by Gasteiger charge is -2.25. The van der Waals surface area contributed by atoms with E-state index in [0.717, 1.165) is 22.0 Å². The minimum Gasteiger partial charge on any atom is -0.507 e. The summed E-state index contributed by atoms with van der Waals surface area (Å²) in [5, 5.41) is 12.0. The highest BCUT2D eigenvalue weighted by Crippen LogP contribution is 2.42. The SMILES string of the molecule is COc1ccc(CN2C(=O)C(=O)/C(=C(/O)c3ccncc3)C2c2c[nH]c3ccccc23)cc1. The molecule has 1 saturated heterocycles. The number of aromatic nitrogens is 2. The van der Waals surface area contributed by atoms with Gasteiger partial charge in [-0.25, -0.2) is 0 Å². The van der Waals surface area contributed by atoms with Gasteiger partial charge in [0.2, 0.25) is 0 Å². The predicted molar refractivity (Wildman–Crippen MR) is 123 cm³/mol. The third-order valence-corrected chi connectivity index (χ3v) is 5.92. The molecule has 3 heterocycles. The van der Waals surface area contributed by atoms with Crippen molar-refractivity contribution in [3.05, 3.63) is 102 Å². The van der Waals surface area contributed by atoms with Crippen molar-refractivity contribution in [1.29, 1.82) is 0 Å². The van der Waals surface area contributed by atoms with Crippen LogP contribution in [-0.4, -0.2) is 38.8 Å². The van der Waals surface area contributed by atoms with Crippen LogP contribution >= 0.6 is 0 Å². The number of rotatable bonds is 5. The number of ketones is 1. The fourth-order valence-corrected chi connectivity index (χ4v) is 4.28. The number of carbonyl (C=O) groups excluding carboxylic acids is 2. The molecule has 0 spiro atoms. The normalized spacial score (nSPS) is 17.6. The van der Waals surface area contributed by atoms with Crippen LogP contribution in [0, 0.1) is 0 Å². The molecule has 1 amide bonds. The number of para-hydroxylation sites is 1. The average molecular weight is 439 g/mol. The molecule has 0 radical (unpaired) electrons. The Morgan fingerprint density at radius 2 is 1.79 bits per heavy atom. The lowest BCUT2D eigenvalue weighted by molar-refractivity contribution is -0.140. The number of carbonyl (C=O) groups is 2. The Labute approximate surface area is 190 Å². The number of nitrogens with one attached hydrogen (secondary N) is 1. The number of aliphatic hydroxyl groups is 1. The Kier molecular flexibility index (Phi) is 5.14. The van der Waals surface area contributed by atoms with Crippen molar-refractivity contribution in [2.45, 2.75) is 12.6 Å². The van der Waals surface area contributed by atoms with E-state index in [1.807, 2.05) is 48.5 Å². The summed E-state index contributed by atoms with van der Waals surface area (Å²) >= 11 is 0. The summed E-state index contributed by atoms with van der Waals surface area (Å²) in [5.74, 6) is -0.889. The molecule has 7 heteroatoms. The molecule has 164 valence electrons. The first kappa shape index (κ1) is 20.5. The van der Waals surface area contributed by atoms with Gasteiger partial charge < -0.3 is 19.7 Å². The zero-order valence-electron chi connectivity index (χ0n) is 17.9. The van der Waals surface area contributed by atoms with E-state index in [4.69, 9.17) is 4.74 Å². The zero-order chi connectivity index (χ0) is 22.9. The van der Waals surface area contributed by atoms with E-state index < -0.39 is 17.7 Å². The first-order valence-electron chi connectivity index (χ1n) is 10.5. The summed E-state index contributed by atoms with van der Waals surface area (Å²) in [6, 6.07) is 17.5. The summed E-state index contributed by atoms with van der Waals surface area (Å²) in [7, 11) is 1.59. The minimum atomic E-state index is -0.753. The van der Waals surface area contributed by atoms with Gasteiger partial charge in [0, 0.05) is 47.2 Å². The summed E-state index contributed by atoms with van der Waals surface area (Å²) in [4.78, 5) is 35.1. The second kappa shape index (κ2) is 8.27. The molecular weight excluding hydrogens is 418 g/mol. The number of likely N-dealkylation sites (tertiary alicyclic amines) is 1. The molecule has 2 aromatic heterocycles. The van der Waals surface area contributed by atoms with Gasteiger partial charge in [0.05, 0.1) is 18.7 Å². The lowest BCUT2D eigenvalue weighted by Crippen LogP contribution is -2.29. The summed E-state index contributed by atoms with van der Waals surface area (Å²) in [6.07, 6.45) is 4.86. The summed E-state index contributed by atoms with van der Waals surface area (Å²) in [5.41, 5.74) is 2.95. The van der Waals surface area contributed by atoms with Crippen LogP contribution in [0.2, 0.25) is 0 Å². The molecule has 1 unspecified atom stereocenters. The number of ether oxygens (including phenoxy) is 1. The first-order valence-corrected chi connectivity index (χ1v) is 10.5. The number of hydrogen-bond acceptors (Lipinski definition) is 5. The number of amides is 1. The number of aliphatic hydroxyl groups excluding tert-OH is 1. The smallest absolute Gasteiger partial charge is 0.295 e. The van der Waals surface area contributed by atoms with Crippen molar-refractivity contribution in [2.24, 2.45) is 0 Å². The van der Waals surface area contributed by atoms with Gasteiger partial charge in [-0.1, -0.05) is 30.3 Å². The van der Waals surface area contributed by atoms with E-state index in [9.17, 15) is 14.7 Å². The molecule has 0 aliphatic carbocycles. The molecule has 1 aliphatic heterocycles. The van der Waals surface area contributed by atoms with E-state index in [1.54, 1.807) is 25.4 Å². The molecule has 0 saturated carbocycles. The average Bonchev–Trinajstić information content (AvgIpc) is 3.39. The van der Waals surface area contributed by atoms with Crippen molar-refractivity contribution in [3.63, 3.8) is 0 Å². The third-order valence-electron chi connectivity index (χ3n) is 5.92. The highest BCUT2D eigenvalue weighted by molar-refractivity contribution is 6.46. The number of benzene rings is 2. The maximum atomic E-state index is 13.2. The summed E-state index contributed by atoms with van der Waals surface area (Å²) in [6.45, 7) is 0.200. The van der Waals surface area contributed by atoms with E-state index in [0.29, 0.717) is 11.3 Å². The van der Waals surface area contributed by atoms with Gasteiger partial charge in [-0.2, -0.15) is 0 Å². The Hall–Kier alpha value is -4.39. The molecule has 2 aromatic carbocycles. The van der Waals surface area contributed by atoms with Crippen LogP contribution in [0.1, 0.15) is 22.7 Å². The topological polar surface area (TPSA) is 95.5 Å². The number of nitrogens with zero attached hydrogens (tertiary/aromatic N) is 2. The van der Waals surface area contributed by atoms with Crippen molar-refractivity contribution in [1.82, 2.24) is 14.9 Å². The Morgan fingerprint density at radius 1 is 1.06 bits per heavy atom. The second-order valence-electron chi connectivity index (χ2n) is 7.80. The molecule has 2 N–H and O–H groups in total. The van der Waals surface area contributed by atoms with Gasteiger partial charge in [-0.3, -0.25) is 14.6 Å². The van der Waals surface area contributed by atoms with Crippen LogP contribution in [-0.2, 0) is 16.1 Å². The van der Waals surface area contributed by atoms with Crippen LogP contribution in [0.4, 0.5) is 0 Å². The molecule has 5 rings (SSSR count). The maximum absolute atomic E-state index is 13.2. The van der Waals surface area contributed by atoms with Gasteiger partial charge in [0.25, 0.3) is 11.7 Å². The highest BCUT2D eigenvalue weighted by atomic mass is 16.5. The number of hydrogen-bond donors (Lipinski definition) is 2. The number of aromatic amines is 1. The fourth-order valence-electron chi connectivity index (χ4n) is 4.28. The minimum absolute atomic E-state index is 0.0597. The lowest BCUT2D eigenvalue weighted by atomic mass is 9.95. The van der Waals surface area contributed by atoms with Gasteiger partial charge in [0.15, 0.2) is 0 Å². The Bertz CT molecular complexity index is 1370. The van der Waals surface area contributed by atoms with Gasteiger partial charge in [-0.15, -0.1) is 0 Å². The number of Topliss-reactive ketones (excluding diaryl/α,β-unsaturated/α-hetero) is 1. The van der Waals surface area contributed by atoms with Gasteiger partial charge in [0.1, 0.15) is 11.5 Å². The molecular formula is C26H21N3O4. The first-order chi connectivity index (χ1) is 16.1. The number of fused-ring (bicyclic) bond motifs is 1. The van der Waals surface area contributed by atoms with Crippen LogP contribution < -0.4 is 4.74 Å². The quantitative estimate of drug-likeness (QED) is 0.276. The third kappa shape index (κ3) is 3.53. The molecule has 1 atom stereocenters. The molecule has 7 nitrogen and oxygen atoms in total. The van der Waals surface area contributed by atoms with Crippen LogP contribution in [0.25, 0.3) is 16.7 Å². The van der Waals surface area contributed by atoms with Crippen molar-refractivity contribution in [2.75, 3.05) is 7.11 Å². The Morgan fingerprint density at radius 3 is 2.52 bits per heavy atom. The standard InChI is InChI=1S/C26H21N3O4/c1-33-18-8-6-16(7-9-18)15-29-23(20-14-28-21-5-3-2-4-19(20)21)22(25(31)26(29)32)24(30)17-10-12-27-13-11-17/h2-14,23,28,30H,15H2,1H3/b24-22+. The van der Waals surface area contributed by atoms with Crippen molar-refractivity contribution >= 4 is 28.4 Å². The zero-order valence-corrected chi connectivity index (χ0v) is 17.9. The monoisotopic (exact) mass is 439 g/mol. The maximum Gasteiger partial charge on any atom is 0.295 e. The fraction of sp³-hybridized carbons (Fsp3) is 0.115. The van der Waals surface area contributed by atoms with E-state index in [-0.39, 0.29) is 17.9 Å². The van der Waals surface area contributed by atoms with Crippen molar-refractivity contribution < 1.29 is 19.4 Å². The largest absolute Gasteiger partial charge is 0.507 e. The molecule has 4 aromatic rings. The Balaban J connectivity index is 1.67. The molecule has 33 heavy (non-hydrogen) atoms. The number of H-pyrrole nitrogens is 1. The molecule has 1 fully saturated rings.